The average Bonchev–Trinajstić information content (AvgIpc) is 3.04. The smallest absolute Gasteiger partial charge is 0.409 e. The minimum Gasteiger partial charge on any atom is -0.483 e. The zero-order chi connectivity index (χ0) is 27.3. The van der Waals surface area contributed by atoms with Crippen LogP contribution in [0.15, 0.2) is 18.2 Å². The molecular weight excluding hydrogens is 488 g/mol. The number of piperidine rings is 1. The van der Waals surface area contributed by atoms with E-state index in [2.05, 4.69) is 16.0 Å². The Hall–Kier alpha value is -4.00. The van der Waals surface area contributed by atoms with Crippen molar-refractivity contribution >= 4 is 35.6 Å². The maximum atomic E-state index is 13.0. The monoisotopic (exact) mass is 518 g/mol. The third-order valence-electron chi connectivity index (χ3n) is 5.32. The molecule has 3 N–H and O–H groups in total. The van der Waals surface area contributed by atoms with Gasteiger partial charge in [-0.3, -0.25) is 34.2 Å². The third-order valence-corrected chi connectivity index (χ3v) is 5.32. The van der Waals surface area contributed by atoms with Gasteiger partial charge < -0.3 is 24.8 Å². The zero-order valence-electron chi connectivity index (χ0n) is 21.0. The van der Waals surface area contributed by atoms with Crippen molar-refractivity contribution < 1.29 is 43.0 Å². The molecule has 0 spiro atoms. The molecule has 13 heteroatoms. The molecule has 0 bridgehead atoms. The molecule has 1 saturated heterocycles. The van der Waals surface area contributed by atoms with Crippen LogP contribution in [0, 0.1) is 0 Å². The maximum absolute atomic E-state index is 13.0. The predicted octanol–water partition coefficient (Wildman–Crippen LogP) is 0.470. The molecule has 2 aliphatic rings. The number of hydrogen-bond donors (Lipinski definition) is 3. The van der Waals surface area contributed by atoms with Crippen LogP contribution in [0.2, 0.25) is 0 Å². The first-order chi connectivity index (χ1) is 17.4. The number of hydrogen-bond acceptors (Lipinski definition) is 9. The number of nitrogens with one attached hydrogen (secondary N) is 3. The lowest BCUT2D eigenvalue weighted by atomic mass is 10.0. The van der Waals surface area contributed by atoms with E-state index >= 15 is 0 Å². The van der Waals surface area contributed by atoms with E-state index in [0.717, 1.165) is 4.90 Å². The number of ether oxygens (including phenoxy) is 3. The van der Waals surface area contributed by atoms with Gasteiger partial charge in [-0.25, -0.2) is 4.79 Å². The summed E-state index contributed by atoms with van der Waals surface area (Å²) in [6.45, 7) is 6.68. The second-order valence-corrected chi connectivity index (χ2v) is 9.48. The van der Waals surface area contributed by atoms with Crippen molar-refractivity contribution in [2.24, 2.45) is 0 Å². The van der Waals surface area contributed by atoms with Gasteiger partial charge in [0.15, 0.2) is 6.61 Å². The number of nitrogens with zero attached hydrogens (tertiary/aromatic N) is 1. The second-order valence-electron chi connectivity index (χ2n) is 9.48. The quantitative estimate of drug-likeness (QED) is 0.239. The molecule has 0 radical (unpaired) electrons. The van der Waals surface area contributed by atoms with Crippen molar-refractivity contribution in [1.29, 1.82) is 0 Å². The Kier molecular flexibility index (Phi) is 8.48. The molecule has 6 amide bonds. The van der Waals surface area contributed by atoms with E-state index in [0.29, 0.717) is 0 Å². The molecule has 0 saturated carbocycles. The van der Waals surface area contributed by atoms with Crippen LogP contribution >= 0.6 is 0 Å². The predicted molar refractivity (Wildman–Crippen MR) is 126 cm³/mol. The Labute approximate surface area is 213 Å². The van der Waals surface area contributed by atoms with Gasteiger partial charge in [-0.1, -0.05) is 6.07 Å². The summed E-state index contributed by atoms with van der Waals surface area (Å²) in [6.07, 6.45) is -1.43. The van der Waals surface area contributed by atoms with Gasteiger partial charge in [-0.05, 0) is 46.2 Å². The van der Waals surface area contributed by atoms with Gasteiger partial charge >= 0.3 is 6.09 Å². The number of carbonyl (C=O) groups excluding carboxylic acids is 6. The highest BCUT2D eigenvalue weighted by atomic mass is 16.7. The van der Waals surface area contributed by atoms with Crippen molar-refractivity contribution in [1.82, 2.24) is 20.9 Å². The average molecular weight is 519 g/mol. The number of imide groups is 2. The highest BCUT2D eigenvalue weighted by Crippen LogP contribution is 2.33. The lowest BCUT2D eigenvalue weighted by Crippen LogP contribution is -2.54. The van der Waals surface area contributed by atoms with Gasteiger partial charge in [0, 0.05) is 18.5 Å². The number of rotatable bonds is 9. The van der Waals surface area contributed by atoms with Gasteiger partial charge in [0.2, 0.25) is 18.1 Å². The van der Waals surface area contributed by atoms with E-state index in [1.807, 2.05) is 20.8 Å². The highest BCUT2D eigenvalue weighted by Gasteiger charge is 2.46. The zero-order valence-corrected chi connectivity index (χ0v) is 21.0. The van der Waals surface area contributed by atoms with Gasteiger partial charge in [0.25, 0.3) is 17.7 Å². The van der Waals surface area contributed by atoms with Crippen LogP contribution in [0.3, 0.4) is 0 Å². The van der Waals surface area contributed by atoms with Crippen LogP contribution < -0.4 is 20.7 Å². The topological polar surface area (TPSA) is 169 Å². The summed E-state index contributed by atoms with van der Waals surface area (Å²) in [5.41, 5.74) is -0.455. The molecule has 2 heterocycles. The summed E-state index contributed by atoms with van der Waals surface area (Å²) in [5, 5.41) is 7.33. The molecule has 0 aliphatic carbocycles. The fourth-order valence-electron chi connectivity index (χ4n) is 3.73. The van der Waals surface area contributed by atoms with Crippen molar-refractivity contribution in [3.05, 3.63) is 29.3 Å². The molecule has 200 valence electrons. The summed E-state index contributed by atoms with van der Waals surface area (Å²) in [7, 11) is 0. The Morgan fingerprint density at radius 2 is 1.89 bits per heavy atom. The van der Waals surface area contributed by atoms with Crippen molar-refractivity contribution in [3.8, 4) is 5.75 Å². The van der Waals surface area contributed by atoms with E-state index in [9.17, 15) is 28.8 Å². The molecule has 1 aromatic rings. The summed E-state index contributed by atoms with van der Waals surface area (Å²) in [5.74, 6) is -3.09. The van der Waals surface area contributed by atoms with E-state index in [1.54, 1.807) is 6.92 Å². The molecule has 2 atom stereocenters. The fraction of sp³-hybridized carbons (Fsp3) is 0.500. The van der Waals surface area contributed by atoms with Crippen LogP contribution in [-0.4, -0.2) is 78.2 Å². The van der Waals surface area contributed by atoms with Gasteiger partial charge in [0.05, 0.1) is 17.7 Å². The van der Waals surface area contributed by atoms with Gasteiger partial charge in [0.1, 0.15) is 11.8 Å². The molecule has 1 fully saturated rings. The van der Waals surface area contributed by atoms with Crippen molar-refractivity contribution in [2.75, 3.05) is 19.8 Å². The molecule has 2 unspecified atom stereocenters. The van der Waals surface area contributed by atoms with E-state index < -0.39 is 60.1 Å². The molecule has 13 nitrogen and oxygen atoms in total. The highest BCUT2D eigenvalue weighted by molar-refractivity contribution is 6.24. The van der Waals surface area contributed by atoms with Gasteiger partial charge in [-0.2, -0.15) is 0 Å². The Morgan fingerprint density at radius 1 is 1.16 bits per heavy atom. The lowest BCUT2D eigenvalue weighted by molar-refractivity contribution is -0.136. The van der Waals surface area contributed by atoms with E-state index in [1.165, 1.54) is 18.2 Å². The molecule has 1 aromatic carbocycles. The van der Waals surface area contributed by atoms with Crippen molar-refractivity contribution in [3.63, 3.8) is 0 Å². The Balaban J connectivity index is 1.48. The van der Waals surface area contributed by atoms with Gasteiger partial charge in [-0.15, -0.1) is 0 Å². The molecule has 0 aromatic heterocycles. The van der Waals surface area contributed by atoms with Crippen LogP contribution in [0.1, 0.15) is 61.3 Å². The van der Waals surface area contributed by atoms with E-state index in [-0.39, 0.29) is 42.9 Å². The minimum absolute atomic E-state index is 0.00602. The molecule has 2 aliphatic heterocycles. The first kappa shape index (κ1) is 27.6. The van der Waals surface area contributed by atoms with Crippen molar-refractivity contribution in [2.45, 2.75) is 58.4 Å². The Morgan fingerprint density at radius 3 is 2.57 bits per heavy atom. The third kappa shape index (κ3) is 7.03. The second kappa shape index (κ2) is 11.4. The molecular formula is C24H30N4O9. The summed E-state index contributed by atoms with van der Waals surface area (Å²) < 4.78 is 15.9. The fourth-order valence-corrected chi connectivity index (χ4v) is 3.73. The van der Waals surface area contributed by atoms with Crippen LogP contribution in [0.5, 0.6) is 5.75 Å². The first-order valence-electron chi connectivity index (χ1n) is 11.7. The number of amides is 6. The number of carbonyl (C=O) groups is 6. The number of alkyl carbamates (subject to hydrolysis) is 1. The standard InChI is InChI=1S/C24H30N4O9/c1-13(37-23(34)27-24(2,3)4)35-11-10-25-18(30)12-36-16-7-5-6-14-19(16)22(33)28(21(14)32)15-8-9-17(29)26-20(15)31/h5-7,13,15H,8-12H2,1-4H3,(H,25,30)(H,27,34)(H,26,29,31). The number of benzene rings is 1. The number of fused-ring (bicyclic) bond motifs is 1. The van der Waals surface area contributed by atoms with Crippen LogP contribution in [0.4, 0.5) is 4.79 Å². The maximum Gasteiger partial charge on any atom is 0.409 e. The summed E-state index contributed by atoms with van der Waals surface area (Å²) in [6, 6.07) is 3.26. The molecule has 37 heavy (non-hydrogen) atoms. The van der Waals surface area contributed by atoms with Crippen LogP contribution in [0.25, 0.3) is 0 Å². The SMILES string of the molecule is CC(OCCNC(=O)COc1cccc2c1C(=O)N(C1CCC(=O)NC1=O)C2=O)OC(=O)NC(C)(C)C. The minimum atomic E-state index is -1.10. The summed E-state index contributed by atoms with van der Waals surface area (Å²) in [4.78, 5) is 74.2. The lowest BCUT2D eigenvalue weighted by Gasteiger charge is -2.27. The largest absolute Gasteiger partial charge is 0.483 e. The molecule has 3 rings (SSSR count). The normalized spacial score (nSPS) is 18.2. The van der Waals surface area contributed by atoms with E-state index in [4.69, 9.17) is 14.2 Å². The van der Waals surface area contributed by atoms with Crippen LogP contribution in [-0.2, 0) is 23.9 Å². The first-order valence-corrected chi connectivity index (χ1v) is 11.7. The summed E-state index contributed by atoms with van der Waals surface area (Å²) >= 11 is 0. The Bertz CT molecular complexity index is 1110.